The van der Waals surface area contributed by atoms with Crippen molar-refractivity contribution in [2.45, 2.75) is 6.92 Å². The number of halogens is 1. The summed E-state index contributed by atoms with van der Waals surface area (Å²) in [5.74, 6) is -0.251. The van der Waals surface area contributed by atoms with E-state index in [0.29, 0.717) is 44.7 Å². The molecule has 0 fully saturated rings. The zero-order chi connectivity index (χ0) is 21.3. The summed E-state index contributed by atoms with van der Waals surface area (Å²) in [5.41, 5.74) is 2.36. The van der Waals surface area contributed by atoms with Gasteiger partial charge in [-0.25, -0.2) is 4.98 Å². The number of benzene rings is 2. The molecule has 154 valence electrons. The van der Waals surface area contributed by atoms with Crippen molar-refractivity contribution in [3.8, 4) is 0 Å². The van der Waals surface area contributed by atoms with E-state index in [2.05, 4.69) is 20.7 Å². The molecule has 0 bridgehead atoms. The Kier molecular flexibility index (Phi) is 5.67. The normalized spacial score (nSPS) is 11.2. The van der Waals surface area contributed by atoms with Gasteiger partial charge in [0.15, 0.2) is 0 Å². The highest BCUT2D eigenvalue weighted by atomic mass is 35.5. The van der Waals surface area contributed by atoms with Crippen molar-refractivity contribution >= 4 is 55.5 Å². The summed E-state index contributed by atoms with van der Waals surface area (Å²) in [4.78, 5) is 30.1. The van der Waals surface area contributed by atoms with Gasteiger partial charge in [0.05, 0.1) is 17.5 Å². The number of aromatic nitrogens is 3. The summed E-state index contributed by atoms with van der Waals surface area (Å²) in [5, 5.41) is 11.8. The number of ether oxygens (including phenoxy) is 1. The summed E-state index contributed by atoms with van der Waals surface area (Å²) in [6.45, 7) is 2.77. The van der Waals surface area contributed by atoms with Crippen molar-refractivity contribution in [1.82, 2.24) is 19.9 Å². The Labute approximate surface area is 180 Å². The molecule has 4 rings (SSSR count). The van der Waals surface area contributed by atoms with Crippen molar-refractivity contribution in [3.05, 3.63) is 62.9 Å². The number of amides is 1. The van der Waals surface area contributed by atoms with Gasteiger partial charge in [-0.3, -0.25) is 9.59 Å². The molecule has 2 aromatic heterocycles. The molecule has 0 saturated heterocycles. The lowest BCUT2D eigenvalue weighted by molar-refractivity contribution is 0.0937. The van der Waals surface area contributed by atoms with Crippen LogP contribution in [0.3, 0.4) is 0 Å². The molecule has 4 aromatic rings. The Morgan fingerprint density at radius 3 is 2.90 bits per heavy atom. The summed E-state index contributed by atoms with van der Waals surface area (Å²) < 4.78 is 6.19. The topological polar surface area (TPSA) is 97.6 Å². The van der Waals surface area contributed by atoms with E-state index in [1.807, 2.05) is 19.1 Å². The molecule has 0 aliphatic carbocycles. The maximum absolute atomic E-state index is 12.9. The third kappa shape index (κ3) is 4.00. The van der Waals surface area contributed by atoms with Gasteiger partial charge in [-0.05, 0) is 42.8 Å². The van der Waals surface area contributed by atoms with Crippen LogP contribution in [0.2, 0.25) is 5.02 Å². The van der Waals surface area contributed by atoms with Crippen LogP contribution >= 0.6 is 22.9 Å². The highest BCUT2D eigenvalue weighted by molar-refractivity contribution is 7.20. The minimum absolute atomic E-state index is 0.251. The van der Waals surface area contributed by atoms with Gasteiger partial charge in [-0.15, -0.1) is 5.10 Å². The third-order valence-corrected chi connectivity index (χ3v) is 5.55. The van der Waals surface area contributed by atoms with E-state index in [1.165, 1.54) is 15.9 Å². The van der Waals surface area contributed by atoms with Crippen LogP contribution in [0.15, 0.2) is 41.2 Å². The number of fused-ring (bicyclic) bond motifs is 2. The van der Waals surface area contributed by atoms with Gasteiger partial charge >= 0.3 is 0 Å². The van der Waals surface area contributed by atoms with E-state index in [0.717, 1.165) is 11.3 Å². The smallest absolute Gasteiger partial charge is 0.283 e. The van der Waals surface area contributed by atoms with Crippen molar-refractivity contribution in [1.29, 1.82) is 0 Å². The predicted octanol–water partition coefficient (Wildman–Crippen LogP) is 3.39. The van der Waals surface area contributed by atoms with Gasteiger partial charge in [-0.2, -0.15) is 4.52 Å². The molecule has 1 amide bonds. The maximum Gasteiger partial charge on any atom is 0.283 e. The van der Waals surface area contributed by atoms with E-state index < -0.39 is 0 Å². The van der Waals surface area contributed by atoms with Crippen LogP contribution in [0.4, 0.5) is 10.8 Å². The maximum atomic E-state index is 12.9. The van der Waals surface area contributed by atoms with Gasteiger partial charge < -0.3 is 15.4 Å². The van der Waals surface area contributed by atoms with Crippen molar-refractivity contribution in [3.63, 3.8) is 0 Å². The predicted molar refractivity (Wildman–Crippen MR) is 118 cm³/mol. The zero-order valence-corrected chi connectivity index (χ0v) is 17.8. The molecule has 0 unspecified atom stereocenters. The Hall–Kier alpha value is -3.01. The third-order valence-electron chi connectivity index (χ3n) is 4.49. The summed E-state index contributed by atoms with van der Waals surface area (Å²) in [6, 6.07) is 10.3. The molecule has 0 spiro atoms. The molecule has 30 heavy (non-hydrogen) atoms. The van der Waals surface area contributed by atoms with Crippen LogP contribution < -0.4 is 16.2 Å². The number of carbonyl (C=O) groups excluding carboxylic acids is 1. The number of aryl methyl sites for hydroxylation is 1. The first kappa shape index (κ1) is 20.3. The summed E-state index contributed by atoms with van der Waals surface area (Å²) in [6.07, 6.45) is 0. The second-order valence-corrected chi connectivity index (χ2v) is 7.98. The number of methoxy groups -OCH3 is 1. The second-order valence-electron chi connectivity index (χ2n) is 6.58. The lowest BCUT2D eigenvalue weighted by Gasteiger charge is -2.06. The minimum atomic E-state index is -0.298. The molecule has 0 radical (unpaired) electrons. The highest BCUT2D eigenvalue weighted by Crippen LogP contribution is 2.27. The van der Waals surface area contributed by atoms with Gasteiger partial charge in [0, 0.05) is 29.9 Å². The zero-order valence-electron chi connectivity index (χ0n) is 16.2. The lowest BCUT2D eigenvalue weighted by Crippen LogP contribution is -2.27. The van der Waals surface area contributed by atoms with E-state index in [-0.39, 0.29) is 11.5 Å². The Morgan fingerprint density at radius 1 is 1.27 bits per heavy atom. The number of hydrogen-bond acceptors (Lipinski definition) is 7. The van der Waals surface area contributed by atoms with Gasteiger partial charge in [0.2, 0.25) is 10.1 Å². The van der Waals surface area contributed by atoms with Crippen LogP contribution in [-0.2, 0) is 4.74 Å². The van der Waals surface area contributed by atoms with E-state index in [9.17, 15) is 9.59 Å². The quantitative estimate of drug-likeness (QED) is 0.443. The average Bonchev–Trinajstić information content (AvgIpc) is 3.13. The molecular weight excluding hydrogens is 426 g/mol. The first-order chi connectivity index (χ1) is 14.5. The average molecular weight is 444 g/mol. The minimum Gasteiger partial charge on any atom is -0.383 e. The van der Waals surface area contributed by atoms with Crippen LogP contribution in [-0.4, -0.2) is 40.8 Å². The number of hydrogen-bond donors (Lipinski definition) is 2. The molecule has 2 heterocycles. The number of nitrogens with zero attached hydrogens (tertiary/aromatic N) is 3. The molecular formula is C20H18ClN5O3S. The van der Waals surface area contributed by atoms with Crippen LogP contribution in [0, 0.1) is 6.92 Å². The van der Waals surface area contributed by atoms with E-state index in [1.54, 1.807) is 31.4 Å². The summed E-state index contributed by atoms with van der Waals surface area (Å²) in [7, 11) is 1.57. The largest absolute Gasteiger partial charge is 0.383 e. The first-order valence-corrected chi connectivity index (χ1v) is 10.3. The number of rotatable bonds is 6. The Balaban J connectivity index is 1.70. The standard InChI is InChI=1S/C20H18ClN5O3S/c1-11-3-5-13(21)10-15(11)23-19-25-26-18(28)14-6-4-12(17(27)22-7-8-29-2)9-16(14)24-20(26)30-19/h3-6,9-10H,7-8H2,1-2H3,(H,22,27)(H,23,25). The Morgan fingerprint density at radius 2 is 2.10 bits per heavy atom. The number of anilines is 2. The molecule has 2 aromatic carbocycles. The van der Waals surface area contributed by atoms with Crippen LogP contribution in [0.5, 0.6) is 0 Å². The van der Waals surface area contributed by atoms with Gasteiger partial charge in [0.1, 0.15) is 0 Å². The second kappa shape index (κ2) is 8.39. The van der Waals surface area contributed by atoms with E-state index >= 15 is 0 Å². The Bertz CT molecular complexity index is 1320. The molecule has 0 atom stereocenters. The van der Waals surface area contributed by atoms with Crippen LogP contribution in [0.1, 0.15) is 15.9 Å². The summed E-state index contributed by atoms with van der Waals surface area (Å²) >= 11 is 7.31. The van der Waals surface area contributed by atoms with Gasteiger partial charge in [-0.1, -0.05) is 29.0 Å². The monoisotopic (exact) mass is 443 g/mol. The number of nitrogens with one attached hydrogen (secondary N) is 2. The fraction of sp³-hybridized carbons (Fsp3) is 0.200. The molecule has 0 saturated carbocycles. The van der Waals surface area contributed by atoms with Gasteiger partial charge in [0.25, 0.3) is 11.5 Å². The van der Waals surface area contributed by atoms with Crippen molar-refractivity contribution < 1.29 is 9.53 Å². The molecule has 2 N–H and O–H groups in total. The van der Waals surface area contributed by atoms with Crippen molar-refractivity contribution in [2.24, 2.45) is 0 Å². The number of carbonyl (C=O) groups is 1. The van der Waals surface area contributed by atoms with E-state index in [4.69, 9.17) is 16.3 Å². The molecule has 10 heteroatoms. The molecule has 0 aliphatic heterocycles. The fourth-order valence-electron chi connectivity index (χ4n) is 2.91. The first-order valence-electron chi connectivity index (χ1n) is 9.10. The highest BCUT2D eigenvalue weighted by Gasteiger charge is 2.14. The molecule has 8 nitrogen and oxygen atoms in total. The van der Waals surface area contributed by atoms with Crippen molar-refractivity contribution in [2.75, 3.05) is 25.6 Å². The lowest BCUT2D eigenvalue weighted by atomic mass is 10.1. The fourth-order valence-corrected chi connectivity index (χ4v) is 3.90. The SMILES string of the molecule is COCCNC(=O)c1ccc2c(=O)n3nc(Nc4cc(Cl)ccc4C)sc3nc2c1. The van der Waals surface area contributed by atoms with Crippen LogP contribution in [0.25, 0.3) is 15.9 Å². The molecule has 0 aliphatic rings.